The van der Waals surface area contributed by atoms with Crippen LogP contribution in [0.3, 0.4) is 0 Å². The molecule has 0 atom stereocenters. The number of rotatable bonds is 3. The second-order valence-corrected chi connectivity index (χ2v) is 11.8. The normalized spacial score (nSPS) is 13.0. The lowest BCUT2D eigenvalue weighted by Crippen LogP contribution is -2.26. The molecule has 2 aliphatic rings. The summed E-state index contributed by atoms with van der Waals surface area (Å²) in [5, 5.41) is 9.31. The average molecular weight is 571 g/mol. The molecular formula is C43H26N2. The quantitative estimate of drug-likeness (QED) is 0.212. The van der Waals surface area contributed by atoms with Crippen LogP contribution in [0.25, 0.3) is 55.6 Å². The first kappa shape index (κ1) is 25.5. The van der Waals surface area contributed by atoms with Gasteiger partial charge >= 0.3 is 0 Å². The third-order valence-electron chi connectivity index (χ3n) is 9.62. The lowest BCUT2D eigenvalue weighted by atomic mass is 9.70. The zero-order valence-corrected chi connectivity index (χ0v) is 24.4. The van der Waals surface area contributed by atoms with Crippen LogP contribution in [0.15, 0.2) is 158 Å². The van der Waals surface area contributed by atoms with E-state index in [9.17, 15) is 5.26 Å². The van der Waals surface area contributed by atoms with Gasteiger partial charge in [0.25, 0.3) is 0 Å². The molecule has 2 aliphatic carbocycles. The van der Waals surface area contributed by atoms with Gasteiger partial charge in [0.2, 0.25) is 0 Å². The van der Waals surface area contributed by atoms with Crippen LogP contribution < -0.4 is 0 Å². The van der Waals surface area contributed by atoms with Crippen LogP contribution in [0, 0.1) is 11.3 Å². The Morgan fingerprint density at radius 2 is 0.844 bits per heavy atom. The SMILES string of the molecule is N#Cc1cc(-c2ccc(-c3ccc4c(c3)C3(c5ccccc5-c5ccccc53)c3cc(-c5ccccc5)ccc3-4)cc2)ccn1. The van der Waals surface area contributed by atoms with E-state index in [0.29, 0.717) is 5.69 Å². The Morgan fingerprint density at radius 3 is 1.40 bits per heavy atom. The number of hydrogen-bond donors (Lipinski definition) is 0. The minimum Gasteiger partial charge on any atom is -0.246 e. The van der Waals surface area contributed by atoms with Gasteiger partial charge in [-0.25, -0.2) is 4.98 Å². The summed E-state index contributed by atoms with van der Waals surface area (Å²) < 4.78 is 0. The first-order chi connectivity index (χ1) is 22.3. The highest BCUT2D eigenvalue weighted by Gasteiger charge is 2.51. The smallest absolute Gasteiger partial charge is 0.141 e. The molecule has 0 unspecified atom stereocenters. The van der Waals surface area contributed by atoms with Gasteiger partial charge in [0, 0.05) is 6.20 Å². The fourth-order valence-corrected chi connectivity index (χ4v) is 7.66. The van der Waals surface area contributed by atoms with E-state index in [4.69, 9.17) is 0 Å². The van der Waals surface area contributed by atoms with E-state index >= 15 is 0 Å². The van der Waals surface area contributed by atoms with E-state index in [2.05, 4.69) is 151 Å². The molecule has 0 amide bonds. The zero-order valence-electron chi connectivity index (χ0n) is 24.4. The molecule has 1 aromatic heterocycles. The molecule has 2 nitrogen and oxygen atoms in total. The first-order valence-electron chi connectivity index (χ1n) is 15.3. The first-order valence-corrected chi connectivity index (χ1v) is 15.3. The Kier molecular flexibility index (Phi) is 5.51. The molecule has 0 N–H and O–H groups in total. The Hall–Kier alpha value is -6.04. The second kappa shape index (κ2) is 9.74. The maximum atomic E-state index is 9.31. The topological polar surface area (TPSA) is 36.7 Å². The van der Waals surface area contributed by atoms with E-state index < -0.39 is 5.41 Å². The van der Waals surface area contributed by atoms with Gasteiger partial charge in [0.15, 0.2) is 0 Å². The molecule has 7 aromatic rings. The van der Waals surface area contributed by atoms with E-state index in [0.717, 1.165) is 16.7 Å². The summed E-state index contributed by atoms with van der Waals surface area (Å²) in [6.45, 7) is 0. The summed E-state index contributed by atoms with van der Waals surface area (Å²) in [6, 6.07) is 57.2. The summed E-state index contributed by atoms with van der Waals surface area (Å²) in [5.41, 5.74) is 17.4. The highest BCUT2D eigenvalue weighted by Crippen LogP contribution is 2.63. The molecule has 45 heavy (non-hydrogen) atoms. The molecule has 6 aromatic carbocycles. The number of nitrogens with zero attached hydrogens (tertiary/aromatic N) is 2. The van der Waals surface area contributed by atoms with Gasteiger partial charge in [-0.2, -0.15) is 5.26 Å². The van der Waals surface area contributed by atoms with Crippen LogP contribution in [-0.2, 0) is 5.41 Å². The maximum Gasteiger partial charge on any atom is 0.141 e. The van der Waals surface area contributed by atoms with Gasteiger partial charge in [-0.05, 0) is 102 Å². The Labute approximate surface area is 262 Å². The minimum absolute atomic E-state index is 0.413. The van der Waals surface area contributed by atoms with E-state index in [1.54, 1.807) is 6.20 Å². The van der Waals surface area contributed by atoms with Crippen molar-refractivity contribution < 1.29 is 0 Å². The standard InChI is InChI=1S/C43H26N2/c44-27-34-24-33(22-23-45-34)30-16-14-29(15-17-30)32-19-21-38-37-20-18-31(28-8-2-1-3-9-28)25-41(37)43(42(38)26-32)39-12-6-4-10-35(39)36-11-5-7-13-40(36)43/h1-26H. The van der Waals surface area contributed by atoms with E-state index in [1.165, 1.54) is 61.2 Å². The summed E-state index contributed by atoms with van der Waals surface area (Å²) >= 11 is 0. The average Bonchev–Trinajstić information content (AvgIpc) is 3.59. The van der Waals surface area contributed by atoms with Gasteiger partial charge < -0.3 is 0 Å². The van der Waals surface area contributed by atoms with E-state index in [1.807, 2.05) is 12.1 Å². The number of pyridine rings is 1. The maximum absolute atomic E-state index is 9.31. The molecule has 0 aliphatic heterocycles. The molecule has 0 saturated heterocycles. The van der Waals surface area contributed by atoms with Crippen LogP contribution in [0.5, 0.6) is 0 Å². The molecule has 1 spiro atoms. The van der Waals surface area contributed by atoms with Crippen molar-refractivity contribution in [2.75, 3.05) is 0 Å². The highest BCUT2D eigenvalue weighted by atomic mass is 14.7. The third kappa shape index (κ3) is 3.65. The van der Waals surface area contributed by atoms with Gasteiger partial charge in [-0.1, -0.05) is 127 Å². The van der Waals surface area contributed by atoms with Crippen LogP contribution in [-0.4, -0.2) is 4.98 Å². The molecule has 0 radical (unpaired) electrons. The van der Waals surface area contributed by atoms with E-state index in [-0.39, 0.29) is 0 Å². The number of nitriles is 1. The van der Waals surface area contributed by atoms with Crippen LogP contribution in [0.1, 0.15) is 27.9 Å². The molecule has 0 fully saturated rings. The van der Waals surface area contributed by atoms with Crippen molar-refractivity contribution in [3.05, 3.63) is 186 Å². The van der Waals surface area contributed by atoms with Gasteiger partial charge in [-0.3, -0.25) is 0 Å². The Balaban J connectivity index is 1.26. The molecule has 2 heteroatoms. The molecule has 0 bridgehead atoms. The van der Waals surface area contributed by atoms with Crippen molar-refractivity contribution in [3.8, 4) is 61.7 Å². The van der Waals surface area contributed by atoms with Crippen molar-refractivity contribution >= 4 is 0 Å². The molecule has 1 heterocycles. The van der Waals surface area contributed by atoms with Crippen molar-refractivity contribution in [2.24, 2.45) is 0 Å². The van der Waals surface area contributed by atoms with Crippen molar-refractivity contribution in [2.45, 2.75) is 5.41 Å². The number of benzene rings is 6. The Bertz CT molecular complexity index is 2280. The summed E-state index contributed by atoms with van der Waals surface area (Å²) in [7, 11) is 0. The third-order valence-corrected chi connectivity index (χ3v) is 9.62. The largest absolute Gasteiger partial charge is 0.246 e. The van der Waals surface area contributed by atoms with Gasteiger partial charge in [0.05, 0.1) is 5.41 Å². The van der Waals surface area contributed by atoms with Crippen molar-refractivity contribution in [1.29, 1.82) is 5.26 Å². The highest BCUT2D eigenvalue weighted by molar-refractivity contribution is 5.96. The lowest BCUT2D eigenvalue weighted by Gasteiger charge is -2.31. The Morgan fingerprint density at radius 1 is 0.400 bits per heavy atom. The fraction of sp³-hybridized carbons (Fsp3) is 0.0233. The van der Waals surface area contributed by atoms with Crippen LogP contribution >= 0.6 is 0 Å². The monoisotopic (exact) mass is 570 g/mol. The number of aromatic nitrogens is 1. The summed E-state index contributed by atoms with van der Waals surface area (Å²) in [4.78, 5) is 4.13. The van der Waals surface area contributed by atoms with Crippen LogP contribution in [0.2, 0.25) is 0 Å². The van der Waals surface area contributed by atoms with Gasteiger partial charge in [0.1, 0.15) is 11.8 Å². The molecule has 208 valence electrons. The summed E-state index contributed by atoms with van der Waals surface area (Å²) in [5.74, 6) is 0. The van der Waals surface area contributed by atoms with Crippen LogP contribution in [0.4, 0.5) is 0 Å². The van der Waals surface area contributed by atoms with Crippen molar-refractivity contribution in [1.82, 2.24) is 4.98 Å². The molecule has 9 rings (SSSR count). The lowest BCUT2D eigenvalue weighted by molar-refractivity contribution is 0.794. The molecule has 0 saturated carbocycles. The minimum atomic E-state index is -0.413. The molecular weight excluding hydrogens is 544 g/mol. The zero-order chi connectivity index (χ0) is 30.0. The predicted molar refractivity (Wildman–Crippen MR) is 182 cm³/mol. The predicted octanol–water partition coefficient (Wildman–Crippen LogP) is 10.3. The van der Waals surface area contributed by atoms with Crippen molar-refractivity contribution in [3.63, 3.8) is 0 Å². The summed E-state index contributed by atoms with van der Waals surface area (Å²) in [6.07, 6.45) is 1.69. The second-order valence-electron chi connectivity index (χ2n) is 11.8. The number of fused-ring (bicyclic) bond motifs is 10. The number of hydrogen-bond acceptors (Lipinski definition) is 2. The van der Waals surface area contributed by atoms with Gasteiger partial charge in [-0.15, -0.1) is 0 Å². The fourth-order valence-electron chi connectivity index (χ4n) is 7.66.